The van der Waals surface area contributed by atoms with Crippen LogP contribution in [0.1, 0.15) is 54.5 Å². The fourth-order valence-electron chi connectivity index (χ4n) is 3.90. The highest BCUT2D eigenvalue weighted by Crippen LogP contribution is 2.36. The van der Waals surface area contributed by atoms with E-state index in [4.69, 9.17) is 4.74 Å². The summed E-state index contributed by atoms with van der Waals surface area (Å²) < 4.78 is 47.5. The lowest BCUT2D eigenvalue weighted by atomic mass is 10.0. The van der Waals surface area contributed by atoms with Gasteiger partial charge in [0.25, 0.3) is 5.91 Å². The Morgan fingerprint density at radius 1 is 1.15 bits per heavy atom. The molecule has 0 saturated carbocycles. The highest BCUT2D eigenvalue weighted by Gasteiger charge is 2.42. The molecule has 0 spiro atoms. The number of carbonyl (C=O) groups excluding carboxylic acids is 1. The Bertz CT molecular complexity index is 673. The number of hydrogen-bond acceptors (Lipinski definition) is 4. The third kappa shape index (κ3) is 4.13. The third-order valence-corrected chi connectivity index (χ3v) is 5.51. The number of ether oxygens (including phenoxy) is 1. The SMILES string of the molecule is Cc1c(C(=O)N2CCOCC2)c(C(F)(F)F)nn1C1CCN(C(C)C)CC1. The van der Waals surface area contributed by atoms with E-state index in [1.54, 1.807) is 6.92 Å². The number of amides is 1. The molecule has 0 atom stereocenters. The van der Waals surface area contributed by atoms with Gasteiger partial charge in [0, 0.05) is 37.9 Å². The van der Waals surface area contributed by atoms with Crippen LogP contribution in [0.2, 0.25) is 0 Å². The number of hydrogen-bond donors (Lipinski definition) is 0. The Morgan fingerprint density at radius 3 is 2.26 bits per heavy atom. The van der Waals surface area contributed by atoms with Crippen LogP contribution in [0.4, 0.5) is 13.2 Å². The van der Waals surface area contributed by atoms with Crippen molar-refractivity contribution in [3.63, 3.8) is 0 Å². The predicted octanol–water partition coefficient (Wildman–Crippen LogP) is 2.73. The average molecular weight is 388 g/mol. The normalized spacial score (nSPS) is 20.5. The topological polar surface area (TPSA) is 50.6 Å². The van der Waals surface area contributed by atoms with E-state index in [1.807, 2.05) is 0 Å². The molecule has 9 heteroatoms. The van der Waals surface area contributed by atoms with Gasteiger partial charge in [-0.25, -0.2) is 0 Å². The molecule has 0 aromatic carbocycles. The van der Waals surface area contributed by atoms with Gasteiger partial charge < -0.3 is 14.5 Å². The van der Waals surface area contributed by atoms with Gasteiger partial charge in [0.1, 0.15) is 0 Å². The van der Waals surface area contributed by atoms with Crippen LogP contribution in [0.5, 0.6) is 0 Å². The molecule has 3 rings (SSSR count). The number of halogens is 3. The summed E-state index contributed by atoms with van der Waals surface area (Å²) in [5.41, 5.74) is -1.07. The summed E-state index contributed by atoms with van der Waals surface area (Å²) in [7, 11) is 0. The Labute approximate surface area is 157 Å². The number of carbonyl (C=O) groups is 1. The fourth-order valence-corrected chi connectivity index (χ4v) is 3.90. The summed E-state index contributed by atoms with van der Waals surface area (Å²) >= 11 is 0. The van der Waals surface area contributed by atoms with Gasteiger partial charge in [-0.3, -0.25) is 9.48 Å². The molecule has 0 radical (unpaired) electrons. The van der Waals surface area contributed by atoms with E-state index in [2.05, 4.69) is 23.8 Å². The number of rotatable bonds is 3. The van der Waals surface area contributed by atoms with E-state index < -0.39 is 17.8 Å². The zero-order chi connectivity index (χ0) is 19.8. The van der Waals surface area contributed by atoms with Crippen LogP contribution in [0, 0.1) is 6.92 Å². The zero-order valence-corrected chi connectivity index (χ0v) is 16.1. The van der Waals surface area contributed by atoms with Crippen LogP contribution in [0.25, 0.3) is 0 Å². The first-order valence-electron chi connectivity index (χ1n) is 9.47. The Morgan fingerprint density at radius 2 is 1.74 bits per heavy atom. The van der Waals surface area contributed by atoms with Crippen molar-refractivity contribution in [2.45, 2.75) is 51.9 Å². The van der Waals surface area contributed by atoms with Gasteiger partial charge in [0.05, 0.1) is 24.8 Å². The standard InChI is InChI=1S/C18H27F3N4O2/c1-12(2)23-6-4-14(5-7-23)25-13(3)15(16(22-25)18(19,20)21)17(26)24-8-10-27-11-9-24/h12,14H,4-11H2,1-3H3. The Hall–Kier alpha value is -1.61. The molecule has 0 N–H and O–H groups in total. The minimum absolute atomic E-state index is 0.118. The molecule has 2 saturated heterocycles. The van der Waals surface area contributed by atoms with Gasteiger partial charge in [-0.2, -0.15) is 18.3 Å². The lowest BCUT2D eigenvalue weighted by Crippen LogP contribution is -2.41. The Kier molecular flexibility index (Phi) is 5.81. The van der Waals surface area contributed by atoms with E-state index in [-0.39, 0.29) is 11.6 Å². The molecule has 1 amide bonds. The number of likely N-dealkylation sites (tertiary alicyclic amines) is 1. The third-order valence-electron chi connectivity index (χ3n) is 5.51. The first-order chi connectivity index (χ1) is 12.7. The smallest absolute Gasteiger partial charge is 0.378 e. The number of aromatic nitrogens is 2. The van der Waals surface area contributed by atoms with Crippen molar-refractivity contribution < 1.29 is 22.7 Å². The molecule has 2 aliphatic heterocycles. The van der Waals surface area contributed by atoms with Crippen LogP contribution in [-0.2, 0) is 10.9 Å². The molecule has 1 aromatic rings. The summed E-state index contributed by atoms with van der Waals surface area (Å²) in [6.45, 7) is 8.71. The number of nitrogens with zero attached hydrogens (tertiary/aromatic N) is 4. The maximum Gasteiger partial charge on any atom is 0.435 e. The second-order valence-electron chi connectivity index (χ2n) is 7.52. The van der Waals surface area contributed by atoms with Crippen LogP contribution >= 0.6 is 0 Å². The minimum atomic E-state index is -4.66. The zero-order valence-electron chi connectivity index (χ0n) is 16.1. The monoisotopic (exact) mass is 388 g/mol. The van der Waals surface area contributed by atoms with E-state index >= 15 is 0 Å². The van der Waals surface area contributed by atoms with Crippen LogP contribution in [0.3, 0.4) is 0 Å². The summed E-state index contributed by atoms with van der Waals surface area (Å²) in [4.78, 5) is 16.6. The van der Waals surface area contributed by atoms with Gasteiger partial charge in [0.2, 0.25) is 0 Å². The van der Waals surface area contributed by atoms with Crippen LogP contribution in [0.15, 0.2) is 0 Å². The van der Waals surface area contributed by atoms with E-state index in [9.17, 15) is 18.0 Å². The molecule has 0 unspecified atom stereocenters. The maximum atomic E-state index is 13.6. The Balaban J connectivity index is 1.90. The minimum Gasteiger partial charge on any atom is -0.378 e. The van der Waals surface area contributed by atoms with Crippen molar-refractivity contribution in [3.8, 4) is 0 Å². The first kappa shape index (κ1) is 20.1. The maximum absolute atomic E-state index is 13.6. The lowest BCUT2D eigenvalue weighted by molar-refractivity contribution is -0.142. The second-order valence-corrected chi connectivity index (χ2v) is 7.52. The summed E-state index contributed by atoms with van der Waals surface area (Å²) in [5.74, 6) is -0.603. The molecular weight excluding hydrogens is 361 g/mol. The molecular formula is C18H27F3N4O2. The highest BCUT2D eigenvalue weighted by molar-refractivity contribution is 5.96. The molecule has 27 heavy (non-hydrogen) atoms. The molecule has 152 valence electrons. The molecule has 6 nitrogen and oxygen atoms in total. The quantitative estimate of drug-likeness (QED) is 0.799. The summed E-state index contributed by atoms with van der Waals surface area (Å²) in [6.07, 6.45) is -3.21. The van der Waals surface area contributed by atoms with Gasteiger partial charge in [0.15, 0.2) is 5.69 Å². The van der Waals surface area contributed by atoms with Gasteiger partial charge in [-0.05, 0) is 33.6 Å². The summed E-state index contributed by atoms with van der Waals surface area (Å²) in [6, 6.07) is 0.293. The van der Waals surface area contributed by atoms with Crippen molar-refractivity contribution in [2.24, 2.45) is 0 Å². The van der Waals surface area contributed by atoms with Crippen molar-refractivity contribution in [2.75, 3.05) is 39.4 Å². The van der Waals surface area contributed by atoms with E-state index in [0.717, 1.165) is 25.9 Å². The molecule has 2 fully saturated rings. The largest absolute Gasteiger partial charge is 0.435 e. The second kappa shape index (κ2) is 7.79. The average Bonchev–Trinajstić information content (AvgIpc) is 2.99. The molecule has 1 aromatic heterocycles. The van der Waals surface area contributed by atoms with Crippen molar-refractivity contribution in [1.29, 1.82) is 0 Å². The van der Waals surface area contributed by atoms with E-state index in [0.29, 0.717) is 38.0 Å². The van der Waals surface area contributed by atoms with Crippen molar-refractivity contribution in [1.82, 2.24) is 19.6 Å². The van der Waals surface area contributed by atoms with E-state index in [1.165, 1.54) is 9.58 Å². The van der Waals surface area contributed by atoms with Crippen LogP contribution in [-0.4, -0.2) is 70.9 Å². The highest BCUT2D eigenvalue weighted by atomic mass is 19.4. The molecule has 0 bridgehead atoms. The van der Waals surface area contributed by atoms with Crippen molar-refractivity contribution >= 4 is 5.91 Å². The number of alkyl halides is 3. The predicted molar refractivity (Wildman–Crippen MR) is 93.7 cm³/mol. The van der Waals surface area contributed by atoms with Gasteiger partial charge in [-0.15, -0.1) is 0 Å². The summed E-state index contributed by atoms with van der Waals surface area (Å²) in [5, 5.41) is 3.88. The molecule has 0 aliphatic carbocycles. The first-order valence-corrected chi connectivity index (χ1v) is 9.47. The molecule has 2 aliphatic rings. The van der Waals surface area contributed by atoms with Crippen molar-refractivity contribution in [3.05, 3.63) is 17.0 Å². The fraction of sp³-hybridized carbons (Fsp3) is 0.778. The lowest BCUT2D eigenvalue weighted by Gasteiger charge is -2.35. The van der Waals surface area contributed by atoms with Gasteiger partial charge >= 0.3 is 6.18 Å². The van der Waals surface area contributed by atoms with Gasteiger partial charge in [-0.1, -0.05) is 0 Å². The van der Waals surface area contributed by atoms with Crippen LogP contribution < -0.4 is 0 Å². The number of morpholine rings is 1. The number of piperidine rings is 1. The molecule has 3 heterocycles.